The average Bonchev–Trinajstić information content (AvgIpc) is 1.84. The molecular weight excluding hydrogens is 159 g/mol. The van der Waals surface area contributed by atoms with Crippen LogP contribution in [0, 0.1) is 5.82 Å². The molecule has 1 rings (SSSR count). The van der Waals surface area contributed by atoms with Crippen molar-refractivity contribution >= 4 is 12.8 Å². The number of rotatable bonds is 0. The predicted molar refractivity (Wildman–Crippen MR) is 35.7 cm³/mol. The van der Waals surface area contributed by atoms with Crippen LogP contribution in [0.3, 0.4) is 0 Å². The molecule has 54 valence electrons. The minimum Gasteiger partial charge on any atom is -0.271 e. The van der Waals surface area contributed by atoms with Gasteiger partial charge in [-0.1, -0.05) is 12.8 Å². The highest BCUT2D eigenvalue weighted by Gasteiger charge is 1.98. The number of H-pyrrole nitrogens is 1. The largest absolute Gasteiger partial charge is 0.338 e. The van der Waals surface area contributed by atoms with Crippen LogP contribution < -0.4 is 11.2 Å². The molecule has 0 spiro atoms. The third kappa shape index (κ3) is 1.10. The Morgan fingerprint density at radius 1 is 1.60 bits per heavy atom. The van der Waals surface area contributed by atoms with E-state index in [0.717, 1.165) is 0 Å². The standard InChI is InChI=1S/C4H3FN2O2S/c5-2-1-7(10)4(9)6-3(2)8/h1,10H,(H,6,8,9). The van der Waals surface area contributed by atoms with E-state index in [-0.39, 0.29) is 0 Å². The molecule has 0 fully saturated rings. The van der Waals surface area contributed by atoms with Gasteiger partial charge in [0.25, 0.3) is 5.56 Å². The van der Waals surface area contributed by atoms with Gasteiger partial charge in [0.05, 0.1) is 6.20 Å². The quantitative estimate of drug-likeness (QED) is 0.499. The van der Waals surface area contributed by atoms with Gasteiger partial charge in [0, 0.05) is 0 Å². The van der Waals surface area contributed by atoms with Crippen LogP contribution in [-0.4, -0.2) is 8.96 Å². The first-order valence-electron chi connectivity index (χ1n) is 2.32. The highest BCUT2D eigenvalue weighted by Crippen LogP contribution is 1.83. The minimum atomic E-state index is -1.03. The van der Waals surface area contributed by atoms with E-state index in [1.807, 2.05) is 0 Å². The summed E-state index contributed by atoms with van der Waals surface area (Å²) < 4.78 is 12.9. The summed E-state index contributed by atoms with van der Waals surface area (Å²) in [7, 11) is 0. The van der Waals surface area contributed by atoms with Crippen molar-refractivity contribution in [3.63, 3.8) is 0 Å². The lowest BCUT2D eigenvalue weighted by Gasteiger charge is -1.90. The fraction of sp³-hybridized carbons (Fsp3) is 0. The Hall–Kier alpha value is -1.04. The van der Waals surface area contributed by atoms with Crippen molar-refractivity contribution in [3.8, 4) is 0 Å². The number of nitrogens with one attached hydrogen (secondary N) is 1. The zero-order valence-electron chi connectivity index (χ0n) is 4.67. The van der Waals surface area contributed by atoms with Crippen molar-refractivity contribution in [2.45, 2.75) is 0 Å². The van der Waals surface area contributed by atoms with Gasteiger partial charge in [-0.25, -0.2) is 8.77 Å². The third-order valence-electron chi connectivity index (χ3n) is 0.881. The lowest BCUT2D eigenvalue weighted by atomic mass is 10.6. The zero-order chi connectivity index (χ0) is 7.72. The molecule has 6 heteroatoms. The second-order valence-corrected chi connectivity index (χ2v) is 2.01. The van der Waals surface area contributed by atoms with Crippen molar-refractivity contribution in [2.24, 2.45) is 0 Å². The maximum Gasteiger partial charge on any atom is 0.338 e. The van der Waals surface area contributed by atoms with E-state index in [0.29, 0.717) is 10.2 Å². The van der Waals surface area contributed by atoms with Crippen molar-refractivity contribution in [1.29, 1.82) is 0 Å². The van der Waals surface area contributed by atoms with Gasteiger partial charge in [0.1, 0.15) is 0 Å². The van der Waals surface area contributed by atoms with Crippen LogP contribution in [0.1, 0.15) is 0 Å². The summed E-state index contributed by atoms with van der Waals surface area (Å²) in [5.41, 5.74) is -1.79. The van der Waals surface area contributed by atoms with Gasteiger partial charge in [-0.3, -0.25) is 9.78 Å². The molecule has 0 unspecified atom stereocenters. The van der Waals surface area contributed by atoms with E-state index in [4.69, 9.17) is 0 Å². The van der Waals surface area contributed by atoms with Gasteiger partial charge < -0.3 is 0 Å². The Morgan fingerprint density at radius 2 is 2.20 bits per heavy atom. The molecule has 0 aliphatic carbocycles. The van der Waals surface area contributed by atoms with Crippen molar-refractivity contribution in [3.05, 3.63) is 32.9 Å². The molecule has 0 bridgehead atoms. The first-order chi connectivity index (χ1) is 4.61. The Morgan fingerprint density at radius 3 is 2.70 bits per heavy atom. The number of halogens is 1. The van der Waals surface area contributed by atoms with E-state index in [1.165, 1.54) is 0 Å². The van der Waals surface area contributed by atoms with Crippen molar-refractivity contribution in [2.75, 3.05) is 0 Å². The number of aromatic amines is 1. The lowest BCUT2D eigenvalue weighted by Crippen LogP contribution is -2.27. The summed E-state index contributed by atoms with van der Waals surface area (Å²) in [6, 6.07) is 0. The molecule has 0 saturated carbocycles. The van der Waals surface area contributed by atoms with Crippen LogP contribution in [0.5, 0.6) is 0 Å². The third-order valence-corrected chi connectivity index (χ3v) is 1.18. The molecule has 0 saturated heterocycles. The molecule has 10 heavy (non-hydrogen) atoms. The molecule has 0 aliphatic rings. The minimum absolute atomic E-state index is 0.650. The number of thiol groups is 1. The second-order valence-electron chi connectivity index (χ2n) is 1.58. The van der Waals surface area contributed by atoms with Crippen LogP contribution >= 0.6 is 12.8 Å². The predicted octanol–water partition coefficient (Wildman–Crippen LogP) is -0.631. The number of aromatic nitrogens is 2. The van der Waals surface area contributed by atoms with Gasteiger partial charge in [0.2, 0.25) is 5.82 Å². The van der Waals surface area contributed by atoms with E-state index in [9.17, 15) is 14.0 Å². The van der Waals surface area contributed by atoms with E-state index in [1.54, 1.807) is 4.98 Å². The smallest absolute Gasteiger partial charge is 0.271 e. The molecule has 1 heterocycles. The van der Waals surface area contributed by atoms with Gasteiger partial charge in [0.15, 0.2) is 0 Å². The molecule has 0 aliphatic heterocycles. The van der Waals surface area contributed by atoms with E-state index < -0.39 is 17.1 Å². The molecule has 1 aromatic heterocycles. The zero-order valence-corrected chi connectivity index (χ0v) is 5.56. The fourth-order valence-corrected chi connectivity index (χ4v) is 0.590. The molecule has 0 amide bonds. The van der Waals surface area contributed by atoms with Crippen LogP contribution in [-0.2, 0) is 0 Å². The first-order valence-corrected chi connectivity index (χ1v) is 2.72. The monoisotopic (exact) mass is 162 g/mol. The van der Waals surface area contributed by atoms with Gasteiger partial charge >= 0.3 is 5.69 Å². The first kappa shape index (κ1) is 7.07. The summed E-state index contributed by atoms with van der Waals surface area (Å²) >= 11 is 3.51. The Bertz CT molecular complexity index is 324. The fourth-order valence-electron chi connectivity index (χ4n) is 0.439. The van der Waals surface area contributed by atoms with E-state index >= 15 is 0 Å². The number of hydrogen-bond acceptors (Lipinski definition) is 3. The Kier molecular flexibility index (Phi) is 1.62. The summed E-state index contributed by atoms with van der Waals surface area (Å²) in [6.07, 6.45) is 0.699. The summed E-state index contributed by atoms with van der Waals surface area (Å²) in [4.78, 5) is 22.5. The molecule has 0 radical (unpaired) electrons. The molecule has 1 N–H and O–H groups in total. The Labute approximate surface area is 59.9 Å². The molecule has 0 aromatic carbocycles. The van der Waals surface area contributed by atoms with Crippen LogP contribution in [0.2, 0.25) is 0 Å². The van der Waals surface area contributed by atoms with Crippen LogP contribution in [0.25, 0.3) is 0 Å². The number of nitrogens with zero attached hydrogens (tertiary/aromatic N) is 1. The van der Waals surface area contributed by atoms with Gasteiger partial charge in [-0.2, -0.15) is 4.39 Å². The molecule has 4 nitrogen and oxygen atoms in total. The Balaban J connectivity index is 3.59. The highest BCUT2D eigenvalue weighted by atomic mass is 32.1. The normalized spacial score (nSPS) is 9.80. The van der Waals surface area contributed by atoms with Crippen molar-refractivity contribution in [1.82, 2.24) is 8.96 Å². The SMILES string of the molecule is O=c1[nH]c(=O)n(S)cc1F. The average molecular weight is 162 g/mol. The molecule has 1 aromatic rings. The maximum atomic E-state index is 12.2. The lowest BCUT2D eigenvalue weighted by molar-refractivity contribution is 0.594. The maximum absolute atomic E-state index is 12.2. The highest BCUT2D eigenvalue weighted by molar-refractivity contribution is 7.78. The second kappa shape index (κ2) is 2.30. The molecule has 0 atom stereocenters. The topological polar surface area (TPSA) is 54.9 Å². The van der Waals surface area contributed by atoms with Crippen molar-refractivity contribution < 1.29 is 4.39 Å². The summed E-state index contributed by atoms with van der Waals surface area (Å²) in [5.74, 6) is -1.03. The van der Waals surface area contributed by atoms with Gasteiger partial charge in [-0.15, -0.1) is 0 Å². The van der Waals surface area contributed by atoms with Crippen LogP contribution in [0.15, 0.2) is 15.8 Å². The molecular formula is C4H3FN2O2S. The van der Waals surface area contributed by atoms with E-state index in [2.05, 4.69) is 12.8 Å². The van der Waals surface area contributed by atoms with Crippen LogP contribution in [0.4, 0.5) is 4.39 Å². The number of hydrogen-bond donors (Lipinski definition) is 2. The summed E-state index contributed by atoms with van der Waals surface area (Å²) in [6.45, 7) is 0. The van der Waals surface area contributed by atoms with Gasteiger partial charge in [-0.05, 0) is 0 Å². The summed E-state index contributed by atoms with van der Waals surface area (Å²) in [5, 5.41) is 0.